The first-order valence-electron chi connectivity index (χ1n) is 6.38. The first-order chi connectivity index (χ1) is 9.13. The highest BCUT2D eigenvalue weighted by molar-refractivity contribution is 5.74. The molecule has 0 fully saturated rings. The third-order valence-corrected chi connectivity index (χ3v) is 3.15. The Morgan fingerprint density at radius 3 is 2.84 bits per heavy atom. The molecule has 5 nitrogen and oxygen atoms in total. The van der Waals surface area contributed by atoms with Crippen LogP contribution in [0.3, 0.4) is 0 Å². The van der Waals surface area contributed by atoms with Gasteiger partial charge >= 0.3 is 0 Å². The van der Waals surface area contributed by atoms with Gasteiger partial charge in [0.05, 0.1) is 23.7 Å². The summed E-state index contributed by atoms with van der Waals surface area (Å²) in [5.41, 5.74) is 1.97. The highest BCUT2D eigenvalue weighted by Crippen LogP contribution is 2.11. The van der Waals surface area contributed by atoms with Gasteiger partial charge in [0.1, 0.15) is 5.69 Å². The summed E-state index contributed by atoms with van der Waals surface area (Å²) in [4.78, 5) is 16.4. The molecule has 1 unspecified atom stereocenters. The number of hydrogen-bond acceptors (Lipinski definition) is 4. The zero-order valence-corrected chi connectivity index (χ0v) is 10.9. The van der Waals surface area contributed by atoms with Crippen molar-refractivity contribution in [2.45, 2.75) is 32.4 Å². The van der Waals surface area contributed by atoms with E-state index in [4.69, 9.17) is 5.11 Å². The Balaban J connectivity index is 2.30. The Labute approximate surface area is 111 Å². The summed E-state index contributed by atoms with van der Waals surface area (Å²) in [5, 5.41) is 18.1. The number of aryl methyl sites for hydroxylation is 2. The summed E-state index contributed by atoms with van der Waals surface area (Å²) in [5.74, 6) is 0. The second kappa shape index (κ2) is 5.95. The molecule has 2 rings (SSSR count). The van der Waals surface area contributed by atoms with Gasteiger partial charge in [0.2, 0.25) is 0 Å². The van der Waals surface area contributed by atoms with Crippen LogP contribution < -0.4 is 5.56 Å². The summed E-state index contributed by atoms with van der Waals surface area (Å²) < 4.78 is 1.68. The predicted molar refractivity (Wildman–Crippen MR) is 73.1 cm³/mol. The summed E-state index contributed by atoms with van der Waals surface area (Å²) in [6.07, 6.45) is 0.387. The van der Waals surface area contributed by atoms with Crippen molar-refractivity contribution >= 4 is 11.0 Å². The highest BCUT2D eigenvalue weighted by atomic mass is 16.3. The molecule has 1 aromatic heterocycles. The normalized spacial score (nSPS) is 12.8. The first-order valence-corrected chi connectivity index (χ1v) is 6.38. The molecule has 2 aromatic rings. The Hall–Kier alpha value is -1.72. The summed E-state index contributed by atoms with van der Waals surface area (Å²) in [7, 11) is 0. The van der Waals surface area contributed by atoms with Gasteiger partial charge in [-0.25, -0.2) is 4.98 Å². The molecular weight excluding hydrogens is 244 g/mol. The van der Waals surface area contributed by atoms with Crippen LogP contribution in [-0.4, -0.2) is 32.5 Å². The van der Waals surface area contributed by atoms with Crippen molar-refractivity contribution in [2.24, 2.45) is 0 Å². The van der Waals surface area contributed by atoms with E-state index in [1.54, 1.807) is 11.5 Å². The number of para-hydroxylation sites is 2. The van der Waals surface area contributed by atoms with Crippen molar-refractivity contribution in [3.63, 3.8) is 0 Å². The molecule has 102 valence electrons. The molecule has 0 aliphatic carbocycles. The predicted octanol–water partition coefficient (Wildman–Crippen LogP) is 0.838. The lowest BCUT2D eigenvalue weighted by Crippen LogP contribution is -2.25. The quantitative estimate of drug-likeness (QED) is 0.837. The van der Waals surface area contributed by atoms with E-state index >= 15 is 0 Å². The average Bonchev–Trinajstić information content (AvgIpc) is 2.42. The maximum absolute atomic E-state index is 12.1. The van der Waals surface area contributed by atoms with E-state index in [-0.39, 0.29) is 12.2 Å². The van der Waals surface area contributed by atoms with Gasteiger partial charge in [0.15, 0.2) is 0 Å². The van der Waals surface area contributed by atoms with Crippen LogP contribution in [0, 0.1) is 6.92 Å². The fraction of sp³-hybridized carbons (Fsp3) is 0.429. The largest absolute Gasteiger partial charge is 0.394 e. The van der Waals surface area contributed by atoms with Gasteiger partial charge in [-0.15, -0.1) is 0 Å². The molecule has 0 aliphatic rings. The molecule has 1 atom stereocenters. The number of nitrogens with zero attached hydrogens (tertiary/aromatic N) is 2. The molecule has 0 saturated carbocycles. The minimum absolute atomic E-state index is 0.0998. The van der Waals surface area contributed by atoms with Crippen LogP contribution in [-0.2, 0) is 6.54 Å². The monoisotopic (exact) mass is 262 g/mol. The molecule has 0 radical (unpaired) electrons. The highest BCUT2D eigenvalue weighted by Gasteiger charge is 2.08. The van der Waals surface area contributed by atoms with Gasteiger partial charge in [-0.05, 0) is 31.9 Å². The van der Waals surface area contributed by atoms with Crippen molar-refractivity contribution in [1.82, 2.24) is 9.55 Å². The van der Waals surface area contributed by atoms with Crippen molar-refractivity contribution in [2.75, 3.05) is 6.61 Å². The Morgan fingerprint density at radius 2 is 2.11 bits per heavy atom. The van der Waals surface area contributed by atoms with Crippen LogP contribution in [0.4, 0.5) is 0 Å². The molecule has 0 bridgehead atoms. The number of rotatable bonds is 5. The molecule has 1 aromatic carbocycles. The summed E-state index contributed by atoms with van der Waals surface area (Å²) >= 11 is 0. The minimum atomic E-state index is -0.718. The summed E-state index contributed by atoms with van der Waals surface area (Å²) in [6.45, 7) is 1.97. The van der Waals surface area contributed by atoms with Crippen LogP contribution in [0.5, 0.6) is 0 Å². The third kappa shape index (κ3) is 3.00. The number of aliphatic hydroxyl groups excluding tert-OH is 2. The van der Waals surface area contributed by atoms with Crippen LogP contribution in [0.1, 0.15) is 18.5 Å². The van der Waals surface area contributed by atoms with Crippen LogP contribution in [0.15, 0.2) is 29.1 Å². The molecular formula is C14H18N2O3. The molecule has 0 amide bonds. The van der Waals surface area contributed by atoms with Gasteiger partial charge in [-0.1, -0.05) is 12.1 Å². The fourth-order valence-corrected chi connectivity index (χ4v) is 2.12. The zero-order chi connectivity index (χ0) is 13.8. The SMILES string of the molecule is Cc1nc2ccccc2n(CCCC(O)CO)c1=O. The third-order valence-electron chi connectivity index (χ3n) is 3.15. The lowest BCUT2D eigenvalue weighted by atomic mass is 10.2. The smallest absolute Gasteiger partial charge is 0.272 e. The number of fused-ring (bicyclic) bond motifs is 1. The topological polar surface area (TPSA) is 75.3 Å². The van der Waals surface area contributed by atoms with Crippen molar-refractivity contribution in [3.8, 4) is 0 Å². The lowest BCUT2D eigenvalue weighted by molar-refractivity contribution is 0.0856. The Morgan fingerprint density at radius 1 is 1.37 bits per heavy atom. The molecule has 0 aliphatic heterocycles. The number of aliphatic hydroxyl groups is 2. The van der Waals surface area contributed by atoms with Gasteiger partial charge in [-0.2, -0.15) is 0 Å². The number of benzene rings is 1. The van der Waals surface area contributed by atoms with E-state index in [9.17, 15) is 9.90 Å². The minimum Gasteiger partial charge on any atom is -0.394 e. The van der Waals surface area contributed by atoms with Crippen LogP contribution >= 0.6 is 0 Å². The van der Waals surface area contributed by atoms with E-state index in [0.29, 0.717) is 25.1 Å². The van der Waals surface area contributed by atoms with E-state index in [1.165, 1.54) is 0 Å². The van der Waals surface area contributed by atoms with Crippen molar-refractivity contribution < 1.29 is 10.2 Å². The maximum Gasteiger partial charge on any atom is 0.272 e. The average molecular weight is 262 g/mol. The molecule has 0 spiro atoms. The zero-order valence-electron chi connectivity index (χ0n) is 10.9. The summed E-state index contributed by atoms with van der Waals surface area (Å²) in [6, 6.07) is 7.50. The van der Waals surface area contributed by atoms with E-state index in [2.05, 4.69) is 4.98 Å². The van der Waals surface area contributed by atoms with Crippen LogP contribution in [0.25, 0.3) is 11.0 Å². The molecule has 5 heteroatoms. The van der Waals surface area contributed by atoms with E-state index in [0.717, 1.165) is 11.0 Å². The standard InChI is InChI=1S/C14H18N2O3/c1-10-14(19)16(8-4-5-11(18)9-17)13-7-3-2-6-12(13)15-10/h2-3,6-7,11,17-18H,4-5,8-9H2,1H3. The molecule has 2 N–H and O–H groups in total. The second-order valence-electron chi connectivity index (χ2n) is 4.62. The first kappa shape index (κ1) is 13.7. The lowest BCUT2D eigenvalue weighted by Gasteiger charge is -2.12. The number of hydrogen-bond donors (Lipinski definition) is 2. The van der Waals surface area contributed by atoms with Crippen molar-refractivity contribution in [3.05, 3.63) is 40.3 Å². The van der Waals surface area contributed by atoms with Gasteiger partial charge in [0, 0.05) is 6.54 Å². The molecule has 19 heavy (non-hydrogen) atoms. The number of aromatic nitrogens is 2. The second-order valence-corrected chi connectivity index (χ2v) is 4.62. The van der Waals surface area contributed by atoms with Crippen molar-refractivity contribution in [1.29, 1.82) is 0 Å². The fourth-order valence-electron chi connectivity index (χ4n) is 2.12. The maximum atomic E-state index is 12.1. The van der Waals surface area contributed by atoms with E-state index < -0.39 is 6.10 Å². The van der Waals surface area contributed by atoms with Gasteiger partial charge < -0.3 is 14.8 Å². The van der Waals surface area contributed by atoms with Gasteiger partial charge in [0.25, 0.3) is 5.56 Å². The molecule has 0 saturated heterocycles. The Kier molecular flexibility index (Phi) is 4.29. The van der Waals surface area contributed by atoms with E-state index in [1.807, 2.05) is 24.3 Å². The van der Waals surface area contributed by atoms with Crippen LogP contribution in [0.2, 0.25) is 0 Å². The molecule has 1 heterocycles. The Bertz CT molecular complexity index is 622. The van der Waals surface area contributed by atoms with Gasteiger partial charge in [-0.3, -0.25) is 4.79 Å².